The van der Waals surface area contributed by atoms with Gasteiger partial charge in [-0.05, 0) is 42.9 Å². The second kappa shape index (κ2) is 5.00. The molecule has 0 saturated heterocycles. The molecule has 88 valence electrons. The van der Waals surface area contributed by atoms with Gasteiger partial charge in [0.25, 0.3) is 0 Å². The topological polar surface area (TPSA) is 21.6 Å². The second-order valence-electron chi connectivity index (χ2n) is 5.38. The number of rotatable bonds is 3. The van der Waals surface area contributed by atoms with Crippen LogP contribution in [0.1, 0.15) is 53.4 Å². The van der Waals surface area contributed by atoms with Crippen molar-refractivity contribution in [1.82, 2.24) is 0 Å². The monoisotopic (exact) mass is 211 g/mol. The Kier molecular flexibility index (Phi) is 4.18. The van der Waals surface area contributed by atoms with E-state index >= 15 is 0 Å². The summed E-state index contributed by atoms with van der Waals surface area (Å²) in [7, 11) is 1.64. The van der Waals surface area contributed by atoms with Gasteiger partial charge >= 0.3 is 0 Å². The SMILES string of the molecule is CON=C1CCC(C(C)C)(C(C)C)CC1. The van der Waals surface area contributed by atoms with Crippen LogP contribution in [0, 0.1) is 17.3 Å². The Labute approximate surface area is 94.1 Å². The maximum absolute atomic E-state index is 4.86. The lowest BCUT2D eigenvalue weighted by molar-refractivity contribution is 0.0805. The van der Waals surface area contributed by atoms with Gasteiger partial charge in [-0.2, -0.15) is 0 Å². The van der Waals surface area contributed by atoms with Crippen molar-refractivity contribution in [3.8, 4) is 0 Å². The van der Waals surface area contributed by atoms with E-state index in [2.05, 4.69) is 32.9 Å². The fourth-order valence-corrected chi connectivity index (χ4v) is 3.05. The maximum Gasteiger partial charge on any atom is 0.106 e. The molecule has 0 aromatic rings. The third kappa shape index (κ3) is 2.53. The fraction of sp³-hybridized carbons (Fsp3) is 0.923. The summed E-state index contributed by atoms with van der Waals surface area (Å²) in [5, 5.41) is 4.08. The van der Waals surface area contributed by atoms with Crippen molar-refractivity contribution in [3.05, 3.63) is 0 Å². The van der Waals surface area contributed by atoms with Gasteiger partial charge in [-0.1, -0.05) is 32.9 Å². The molecule has 0 spiro atoms. The third-order valence-corrected chi connectivity index (χ3v) is 4.28. The molecular formula is C13H25NO. The Bertz CT molecular complexity index is 211. The Morgan fingerprint density at radius 1 is 1.07 bits per heavy atom. The molecule has 0 amide bonds. The van der Waals surface area contributed by atoms with Crippen molar-refractivity contribution in [1.29, 1.82) is 0 Å². The highest BCUT2D eigenvalue weighted by Gasteiger charge is 2.39. The van der Waals surface area contributed by atoms with Gasteiger partial charge in [0.15, 0.2) is 0 Å². The van der Waals surface area contributed by atoms with Gasteiger partial charge < -0.3 is 4.84 Å². The molecule has 0 N–H and O–H groups in total. The standard InChI is InChI=1S/C13H25NO/c1-10(2)13(11(3)4)8-6-12(7-9-13)14-15-5/h10-11H,6-9H2,1-5H3. The molecule has 0 bridgehead atoms. The highest BCUT2D eigenvalue weighted by Crippen LogP contribution is 2.47. The van der Waals surface area contributed by atoms with Crippen LogP contribution in [0.15, 0.2) is 5.16 Å². The first kappa shape index (κ1) is 12.5. The Morgan fingerprint density at radius 2 is 1.53 bits per heavy atom. The molecule has 0 aromatic carbocycles. The van der Waals surface area contributed by atoms with Crippen LogP contribution in [0.3, 0.4) is 0 Å². The summed E-state index contributed by atoms with van der Waals surface area (Å²) >= 11 is 0. The van der Waals surface area contributed by atoms with Crippen LogP contribution in [0.25, 0.3) is 0 Å². The molecule has 0 heterocycles. The maximum atomic E-state index is 4.86. The highest BCUT2D eigenvalue weighted by atomic mass is 16.6. The molecule has 15 heavy (non-hydrogen) atoms. The zero-order valence-corrected chi connectivity index (χ0v) is 10.8. The van der Waals surface area contributed by atoms with Gasteiger partial charge in [0.2, 0.25) is 0 Å². The van der Waals surface area contributed by atoms with Crippen LogP contribution in [0.5, 0.6) is 0 Å². The highest BCUT2D eigenvalue weighted by molar-refractivity contribution is 5.84. The number of hydrogen-bond acceptors (Lipinski definition) is 2. The number of hydrogen-bond donors (Lipinski definition) is 0. The molecule has 1 aliphatic rings. The fourth-order valence-electron chi connectivity index (χ4n) is 3.05. The van der Waals surface area contributed by atoms with Crippen LogP contribution >= 0.6 is 0 Å². The van der Waals surface area contributed by atoms with E-state index in [4.69, 9.17) is 4.84 Å². The van der Waals surface area contributed by atoms with Crippen molar-refractivity contribution in [2.45, 2.75) is 53.4 Å². The van der Waals surface area contributed by atoms with Gasteiger partial charge in [-0.3, -0.25) is 0 Å². The lowest BCUT2D eigenvalue weighted by atomic mass is 9.60. The molecule has 2 nitrogen and oxygen atoms in total. The summed E-state index contributed by atoms with van der Waals surface area (Å²) in [5.41, 5.74) is 1.77. The summed E-state index contributed by atoms with van der Waals surface area (Å²) in [4.78, 5) is 4.86. The van der Waals surface area contributed by atoms with Crippen LogP contribution in [0.4, 0.5) is 0 Å². The third-order valence-electron chi connectivity index (χ3n) is 4.28. The first-order chi connectivity index (χ1) is 7.03. The lowest BCUT2D eigenvalue weighted by Crippen LogP contribution is -2.37. The molecule has 0 unspecified atom stereocenters. The number of nitrogens with zero attached hydrogens (tertiary/aromatic N) is 1. The zero-order valence-electron chi connectivity index (χ0n) is 10.8. The van der Waals surface area contributed by atoms with E-state index in [9.17, 15) is 0 Å². The van der Waals surface area contributed by atoms with Crippen molar-refractivity contribution >= 4 is 5.71 Å². The summed E-state index contributed by atoms with van der Waals surface area (Å²) in [6, 6.07) is 0. The van der Waals surface area contributed by atoms with E-state index in [0.717, 1.165) is 24.7 Å². The van der Waals surface area contributed by atoms with E-state index in [0.29, 0.717) is 5.41 Å². The largest absolute Gasteiger partial charge is 0.399 e. The van der Waals surface area contributed by atoms with Crippen molar-refractivity contribution in [2.75, 3.05) is 7.11 Å². The van der Waals surface area contributed by atoms with E-state index in [-0.39, 0.29) is 0 Å². The molecule has 1 fully saturated rings. The van der Waals surface area contributed by atoms with Gasteiger partial charge in [-0.15, -0.1) is 0 Å². The summed E-state index contributed by atoms with van der Waals surface area (Å²) in [6.45, 7) is 9.44. The normalized spacial score (nSPS) is 20.9. The molecule has 0 aliphatic heterocycles. The second-order valence-corrected chi connectivity index (χ2v) is 5.38. The molecule has 1 saturated carbocycles. The van der Waals surface area contributed by atoms with Gasteiger partial charge in [-0.25, -0.2) is 0 Å². The minimum atomic E-state index is 0.521. The molecule has 0 radical (unpaired) electrons. The van der Waals surface area contributed by atoms with Gasteiger partial charge in [0.05, 0.1) is 5.71 Å². The van der Waals surface area contributed by atoms with E-state index < -0.39 is 0 Å². The van der Waals surface area contributed by atoms with Crippen LogP contribution in [0.2, 0.25) is 0 Å². The van der Waals surface area contributed by atoms with E-state index in [1.165, 1.54) is 18.6 Å². The minimum absolute atomic E-state index is 0.521. The van der Waals surface area contributed by atoms with Crippen molar-refractivity contribution < 1.29 is 4.84 Å². The predicted octanol–water partition coefficient (Wildman–Crippen LogP) is 3.86. The predicted molar refractivity (Wildman–Crippen MR) is 65.0 cm³/mol. The average Bonchev–Trinajstić information content (AvgIpc) is 2.18. The molecule has 0 aromatic heterocycles. The van der Waals surface area contributed by atoms with E-state index in [1.807, 2.05) is 0 Å². The quantitative estimate of drug-likeness (QED) is 0.649. The van der Waals surface area contributed by atoms with Gasteiger partial charge in [0.1, 0.15) is 7.11 Å². The Hall–Kier alpha value is -0.530. The smallest absolute Gasteiger partial charge is 0.106 e. The van der Waals surface area contributed by atoms with E-state index in [1.54, 1.807) is 7.11 Å². The molecule has 0 atom stereocenters. The average molecular weight is 211 g/mol. The summed E-state index contributed by atoms with van der Waals surface area (Å²) in [5.74, 6) is 1.53. The molecular weight excluding hydrogens is 186 g/mol. The molecule has 1 rings (SSSR count). The zero-order chi connectivity index (χ0) is 11.5. The molecule has 1 aliphatic carbocycles. The lowest BCUT2D eigenvalue weighted by Gasteiger charge is -2.44. The first-order valence-corrected chi connectivity index (χ1v) is 6.12. The van der Waals surface area contributed by atoms with Crippen LogP contribution in [-0.2, 0) is 4.84 Å². The summed E-state index contributed by atoms with van der Waals surface area (Å²) in [6.07, 6.45) is 4.77. The summed E-state index contributed by atoms with van der Waals surface area (Å²) < 4.78 is 0. The van der Waals surface area contributed by atoms with Crippen molar-refractivity contribution in [3.63, 3.8) is 0 Å². The van der Waals surface area contributed by atoms with Crippen molar-refractivity contribution in [2.24, 2.45) is 22.4 Å². The Morgan fingerprint density at radius 3 is 1.87 bits per heavy atom. The van der Waals surface area contributed by atoms with Gasteiger partial charge in [0, 0.05) is 0 Å². The first-order valence-electron chi connectivity index (χ1n) is 6.12. The number of oxime groups is 1. The Balaban J connectivity index is 2.70. The molecule has 2 heteroatoms. The van der Waals surface area contributed by atoms with Crippen LogP contribution < -0.4 is 0 Å². The van der Waals surface area contributed by atoms with Crippen LogP contribution in [-0.4, -0.2) is 12.8 Å². The minimum Gasteiger partial charge on any atom is -0.399 e.